The molecule has 0 aliphatic carbocycles. The van der Waals surface area contributed by atoms with Gasteiger partial charge in [0.25, 0.3) is 0 Å². The van der Waals surface area contributed by atoms with Crippen molar-refractivity contribution in [1.29, 1.82) is 0 Å². The van der Waals surface area contributed by atoms with Crippen LogP contribution >= 0.6 is 0 Å². The number of aliphatic hydroxyl groups excluding tert-OH is 1. The minimum atomic E-state index is -0.176. The largest absolute Gasteiger partial charge is 0.396 e. The summed E-state index contributed by atoms with van der Waals surface area (Å²) in [5.74, 6) is 0.518. The number of aliphatic hydroxyl groups is 1. The molecule has 0 saturated heterocycles. The van der Waals surface area contributed by atoms with Crippen molar-refractivity contribution in [2.24, 2.45) is 0 Å². The zero-order valence-corrected chi connectivity index (χ0v) is 13.5. The van der Waals surface area contributed by atoms with Crippen molar-refractivity contribution in [3.63, 3.8) is 0 Å². The van der Waals surface area contributed by atoms with Crippen molar-refractivity contribution in [2.45, 2.75) is 26.2 Å². The van der Waals surface area contributed by atoms with Gasteiger partial charge < -0.3 is 10.0 Å². The number of nitrogens with zero attached hydrogens (tertiary/aromatic N) is 3. The molecule has 6 nitrogen and oxygen atoms in total. The van der Waals surface area contributed by atoms with Gasteiger partial charge in [-0.05, 0) is 25.0 Å². The predicted octanol–water partition coefficient (Wildman–Crippen LogP) is 2.89. The first-order valence-electron chi connectivity index (χ1n) is 8.02. The SMILES string of the molecule is CCCCN(CCCO)C(=O)Nc1ccn(-c2ccccc2)n1. The maximum absolute atomic E-state index is 12.4. The van der Waals surface area contributed by atoms with Crippen LogP contribution < -0.4 is 5.32 Å². The number of amides is 2. The maximum Gasteiger partial charge on any atom is 0.323 e. The molecular formula is C17H24N4O2. The Labute approximate surface area is 136 Å². The summed E-state index contributed by atoms with van der Waals surface area (Å²) in [6, 6.07) is 11.3. The van der Waals surface area contributed by atoms with E-state index in [1.807, 2.05) is 36.5 Å². The smallest absolute Gasteiger partial charge is 0.323 e. The van der Waals surface area contributed by atoms with Crippen LogP contribution in [0, 0.1) is 0 Å². The number of hydrogen-bond donors (Lipinski definition) is 2. The number of carbonyl (C=O) groups excluding carboxylic acids is 1. The second-order valence-corrected chi connectivity index (χ2v) is 5.33. The van der Waals surface area contributed by atoms with Crippen molar-refractivity contribution < 1.29 is 9.90 Å². The lowest BCUT2D eigenvalue weighted by atomic mass is 10.3. The molecule has 23 heavy (non-hydrogen) atoms. The number of aromatic nitrogens is 2. The Hall–Kier alpha value is -2.34. The van der Waals surface area contributed by atoms with E-state index >= 15 is 0 Å². The monoisotopic (exact) mass is 316 g/mol. The summed E-state index contributed by atoms with van der Waals surface area (Å²) in [5, 5.41) is 16.2. The molecule has 2 aromatic rings. The fourth-order valence-corrected chi connectivity index (χ4v) is 2.23. The standard InChI is InChI=1S/C17H24N4O2/c1-2-3-11-20(12-7-14-22)17(23)18-16-10-13-21(19-16)15-8-5-4-6-9-15/h4-6,8-10,13,22H,2-3,7,11-12,14H2,1H3,(H,18,19,23). The Balaban J connectivity index is 1.99. The third-order valence-corrected chi connectivity index (χ3v) is 3.50. The molecule has 0 spiro atoms. The van der Waals surface area contributed by atoms with Crippen LogP contribution in [-0.2, 0) is 0 Å². The van der Waals surface area contributed by atoms with Gasteiger partial charge in [0.1, 0.15) is 0 Å². The van der Waals surface area contributed by atoms with Gasteiger partial charge in [-0.25, -0.2) is 9.48 Å². The van der Waals surface area contributed by atoms with Gasteiger partial charge >= 0.3 is 6.03 Å². The highest BCUT2D eigenvalue weighted by molar-refractivity contribution is 5.88. The molecule has 0 aliphatic heterocycles. The van der Waals surface area contributed by atoms with Crippen molar-refractivity contribution in [3.05, 3.63) is 42.6 Å². The van der Waals surface area contributed by atoms with Crippen LogP contribution in [-0.4, -0.2) is 45.5 Å². The summed E-state index contributed by atoms with van der Waals surface area (Å²) in [6.07, 6.45) is 4.35. The summed E-state index contributed by atoms with van der Waals surface area (Å²) in [7, 11) is 0. The van der Waals surface area contributed by atoms with Crippen LogP contribution in [0.25, 0.3) is 5.69 Å². The lowest BCUT2D eigenvalue weighted by molar-refractivity contribution is 0.201. The molecule has 1 heterocycles. The van der Waals surface area contributed by atoms with Crippen LogP contribution in [0.4, 0.5) is 10.6 Å². The number of para-hydroxylation sites is 1. The van der Waals surface area contributed by atoms with Crippen LogP contribution in [0.1, 0.15) is 26.2 Å². The highest BCUT2D eigenvalue weighted by atomic mass is 16.3. The normalized spacial score (nSPS) is 10.5. The Kier molecular flexibility index (Phi) is 6.62. The first kappa shape index (κ1) is 17.0. The summed E-state index contributed by atoms with van der Waals surface area (Å²) in [5.41, 5.74) is 0.941. The van der Waals surface area contributed by atoms with E-state index in [9.17, 15) is 4.79 Å². The topological polar surface area (TPSA) is 70.4 Å². The van der Waals surface area contributed by atoms with E-state index in [4.69, 9.17) is 5.11 Å². The van der Waals surface area contributed by atoms with Gasteiger partial charge in [0.15, 0.2) is 5.82 Å². The Morgan fingerprint density at radius 1 is 1.22 bits per heavy atom. The molecule has 0 unspecified atom stereocenters. The lowest BCUT2D eigenvalue weighted by Crippen LogP contribution is -2.37. The van der Waals surface area contributed by atoms with Crippen LogP contribution in [0.5, 0.6) is 0 Å². The number of benzene rings is 1. The molecule has 1 aromatic carbocycles. The summed E-state index contributed by atoms with van der Waals surface area (Å²) >= 11 is 0. The molecule has 0 aliphatic rings. The maximum atomic E-state index is 12.4. The van der Waals surface area contributed by atoms with Gasteiger partial charge in [-0.2, -0.15) is 0 Å². The fraction of sp³-hybridized carbons (Fsp3) is 0.412. The van der Waals surface area contributed by atoms with Gasteiger partial charge in [0, 0.05) is 32.0 Å². The van der Waals surface area contributed by atoms with E-state index in [2.05, 4.69) is 17.3 Å². The molecule has 2 amide bonds. The number of unbranched alkanes of at least 4 members (excludes halogenated alkanes) is 1. The summed E-state index contributed by atoms with van der Waals surface area (Å²) in [6.45, 7) is 3.39. The number of carbonyl (C=O) groups is 1. The number of hydrogen-bond acceptors (Lipinski definition) is 3. The average molecular weight is 316 g/mol. The van der Waals surface area contributed by atoms with E-state index < -0.39 is 0 Å². The fourth-order valence-electron chi connectivity index (χ4n) is 2.23. The quantitative estimate of drug-likeness (QED) is 0.786. The highest BCUT2D eigenvalue weighted by Gasteiger charge is 2.14. The number of rotatable bonds is 8. The molecule has 124 valence electrons. The van der Waals surface area contributed by atoms with E-state index in [0.29, 0.717) is 25.3 Å². The third kappa shape index (κ3) is 5.10. The van der Waals surface area contributed by atoms with Gasteiger partial charge in [-0.1, -0.05) is 31.5 Å². The van der Waals surface area contributed by atoms with Crippen LogP contribution in [0.2, 0.25) is 0 Å². The Morgan fingerprint density at radius 3 is 2.65 bits per heavy atom. The van der Waals surface area contributed by atoms with Gasteiger partial charge in [-0.3, -0.25) is 5.32 Å². The third-order valence-electron chi connectivity index (χ3n) is 3.50. The van der Waals surface area contributed by atoms with Crippen molar-refractivity contribution in [2.75, 3.05) is 25.0 Å². The van der Waals surface area contributed by atoms with Crippen molar-refractivity contribution in [1.82, 2.24) is 14.7 Å². The van der Waals surface area contributed by atoms with Gasteiger partial charge in [-0.15, -0.1) is 5.10 Å². The summed E-state index contributed by atoms with van der Waals surface area (Å²) < 4.78 is 1.72. The first-order valence-corrected chi connectivity index (χ1v) is 8.02. The molecule has 0 bridgehead atoms. The molecule has 6 heteroatoms. The lowest BCUT2D eigenvalue weighted by Gasteiger charge is -2.22. The van der Waals surface area contributed by atoms with Gasteiger partial charge in [0.2, 0.25) is 0 Å². The van der Waals surface area contributed by atoms with E-state index in [0.717, 1.165) is 18.5 Å². The minimum Gasteiger partial charge on any atom is -0.396 e. The van der Waals surface area contributed by atoms with E-state index in [-0.39, 0.29) is 12.6 Å². The molecule has 2 rings (SSSR count). The van der Waals surface area contributed by atoms with Crippen LogP contribution in [0.3, 0.4) is 0 Å². The number of anilines is 1. The number of urea groups is 1. The number of nitrogens with one attached hydrogen (secondary N) is 1. The molecule has 0 atom stereocenters. The zero-order chi connectivity index (χ0) is 16.5. The highest BCUT2D eigenvalue weighted by Crippen LogP contribution is 2.11. The second-order valence-electron chi connectivity index (χ2n) is 5.33. The van der Waals surface area contributed by atoms with Gasteiger partial charge in [0.05, 0.1) is 5.69 Å². The average Bonchev–Trinajstić information content (AvgIpc) is 3.04. The second kappa shape index (κ2) is 8.95. The molecular weight excluding hydrogens is 292 g/mol. The zero-order valence-electron chi connectivity index (χ0n) is 13.5. The Bertz CT molecular complexity index is 590. The molecule has 0 saturated carbocycles. The van der Waals surface area contributed by atoms with E-state index in [1.54, 1.807) is 15.6 Å². The summed E-state index contributed by atoms with van der Waals surface area (Å²) in [4.78, 5) is 14.1. The molecule has 1 aromatic heterocycles. The van der Waals surface area contributed by atoms with E-state index in [1.165, 1.54) is 0 Å². The molecule has 0 fully saturated rings. The molecule has 2 N–H and O–H groups in total. The minimum absolute atomic E-state index is 0.0819. The first-order chi connectivity index (χ1) is 11.2. The van der Waals surface area contributed by atoms with Crippen molar-refractivity contribution >= 4 is 11.8 Å². The molecule has 0 radical (unpaired) electrons. The Morgan fingerprint density at radius 2 is 1.96 bits per heavy atom. The van der Waals surface area contributed by atoms with Crippen molar-refractivity contribution in [3.8, 4) is 5.69 Å². The predicted molar refractivity (Wildman–Crippen MR) is 90.8 cm³/mol. The van der Waals surface area contributed by atoms with Crippen LogP contribution in [0.15, 0.2) is 42.6 Å².